The van der Waals surface area contributed by atoms with Gasteiger partial charge in [0, 0.05) is 13.1 Å². The van der Waals surface area contributed by atoms with Gasteiger partial charge in [0.2, 0.25) is 11.4 Å². The zero-order chi connectivity index (χ0) is 17.3. The normalized spacial score (nSPS) is 17.4. The van der Waals surface area contributed by atoms with Gasteiger partial charge in [-0.05, 0) is 35.5 Å². The van der Waals surface area contributed by atoms with Crippen LogP contribution in [0.4, 0.5) is 5.69 Å². The number of aliphatic hydroxyl groups is 1. The van der Waals surface area contributed by atoms with Crippen LogP contribution in [-0.2, 0) is 0 Å². The maximum atomic E-state index is 12.6. The molecule has 1 aromatic carbocycles. The van der Waals surface area contributed by atoms with Gasteiger partial charge in [0.05, 0.1) is 11.6 Å². The monoisotopic (exact) mass is 341 g/mol. The van der Waals surface area contributed by atoms with Gasteiger partial charge < -0.3 is 10.0 Å². The summed E-state index contributed by atoms with van der Waals surface area (Å²) in [6, 6.07) is 5.36. The van der Waals surface area contributed by atoms with E-state index in [0.717, 1.165) is 11.3 Å². The summed E-state index contributed by atoms with van der Waals surface area (Å²) in [5, 5.41) is 9.32. The zero-order valence-electron chi connectivity index (χ0n) is 13.4. The van der Waals surface area contributed by atoms with Gasteiger partial charge in [-0.15, -0.1) is 0 Å². The van der Waals surface area contributed by atoms with Gasteiger partial charge in [-0.1, -0.05) is 23.6 Å². The summed E-state index contributed by atoms with van der Waals surface area (Å²) in [5.74, 6) is 5.85. The highest BCUT2D eigenvalue weighted by molar-refractivity contribution is 6.34. The number of rotatable bonds is 1. The number of carbonyl (C=O) groups is 1. The molecule has 2 aliphatic rings. The second kappa shape index (κ2) is 6.62. The highest BCUT2D eigenvalue weighted by atomic mass is 35.5. The molecule has 0 fully saturated rings. The van der Waals surface area contributed by atoms with Crippen molar-refractivity contribution in [3.63, 3.8) is 0 Å². The molecule has 24 heavy (non-hydrogen) atoms. The molecule has 0 saturated carbocycles. The minimum absolute atomic E-state index is 0.0507. The lowest BCUT2D eigenvalue weighted by atomic mass is 10.1. The molecular formula is C18H16ClN3O2+. The molecule has 0 bridgehead atoms. The molecule has 121 valence electrons. The number of amides is 1. The molecular weight excluding hydrogens is 326 g/mol. The van der Waals surface area contributed by atoms with Gasteiger partial charge in [0.25, 0.3) is 12.2 Å². The molecule has 2 aliphatic heterocycles. The van der Waals surface area contributed by atoms with E-state index in [4.69, 9.17) is 16.7 Å². The smallest absolute Gasteiger partial charge is 0.261 e. The Labute approximate surface area is 145 Å². The molecule has 0 aliphatic carbocycles. The predicted octanol–water partition coefficient (Wildman–Crippen LogP) is 2.39. The highest BCUT2D eigenvalue weighted by Gasteiger charge is 2.41. The van der Waals surface area contributed by atoms with Crippen LogP contribution in [0.2, 0.25) is 5.02 Å². The van der Waals surface area contributed by atoms with Crippen molar-refractivity contribution in [1.29, 1.82) is 0 Å². The Balaban J connectivity index is 2.11. The first-order valence-corrected chi connectivity index (χ1v) is 7.81. The van der Waals surface area contributed by atoms with Gasteiger partial charge in [-0.25, -0.2) is 0 Å². The minimum atomic E-state index is -0.130. The van der Waals surface area contributed by atoms with Crippen LogP contribution in [0.1, 0.15) is 17.3 Å². The molecule has 1 N–H and O–H groups in total. The number of likely N-dealkylation sites (N-methyl/N-ethyl adjacent to an activating group) is 1. The standard InChI is InChI=1S/C18H16ClN3O2/c1-12(8-9-23)6-7-14-16-10-21(2)18(24)17-13(19)4-3-5-15(17)22(16)11-20-14/h3-5,8,11,23H,9-10H2,1-2H3/q+1/b12-8+. The molecule has 2 heterocycles. The molecule has 0 saturated heterocycles. The molecule has 1 amide bonds. The van der Waals surface area contributed by atoms with E-state index in [-0.39, 0.29) is 12.5 Å². The highest BCUT2D eigenvalue weighted by Crippen LogP contribution is 2.35. The lowest BCUT2D eigenvalue weighted by Crippen LogP contribution is -2.29. The van der Waals surface area contributed by atoms with Crippen molar-refractivity contribution in [3.05, 3.63) is 51.8 Å². The fourth-order valence-corrected chi connectivity index (χ4v) is 2.85. The lowest BCUT2D eigenvalue weighted by Gasteiger charge is -2.12. The van der Waals surface area contributed by atoms with Crippen LogP contribution in [0, 0.1) is 11.8 Å². The number of anilines is 1. The minimum Gasteiger partial charge on any atom is -0.392 e. The Morgan fingerprint density at radius 3 is 3.08 bits per heavy atom. The number of aliphatic hydroxyl groups excluding tert-OH is 1. The molecule has 1 aromatic rings. The van der Waals surface area contributed by atoms with E-state index in [0.29, 0.717) is 28.5 Å². The summed E-state index contributed by atoms with van der Waals surface area (Å²) in [7, 11) is 1.73. The van der Waals surface area contributed by atoms with Crippen molar-refractivity contribution >= 4 is 29.5 Å². The zero-order valence-corrected chi connectivity index (χ0v) is 14.1. The average molecular weight is 342 g/mol. The molecule has 1 radical (unpaired) electrons. The van der Waals surface area contributed by atoms with E-state index in [9.17, 15) is 4.79 Å². The Bertz CT molecular complexity index is 859. The number of fused-ring (bicyclic) bond motifs is 3. The van der Waals surface area contributed by atoms with Crippen LogP contribution in [-0.4, -0.2) is 42.5 Å². The van der Waals surface area contributed by atoms with E-state index in [2.05, 4.69) is 16.8 Å². The quantitative estimate of drug-likeness (QED) is 0.630. The largest absolute Gasteiger partial charge is 0.392 e. The Morgan fingerprint density at radius 2 is 2.33 bits per heavy atom. The van der Waals surface area contributed by atoms with Gasteiger partial charge in [-0.3, -0.25) is 4.79 Å². The number of hydrogen-bond donors (Lipinski definition) is 1. The van der Waals surface area contributed by atoms with Gasteiger partial charge in [0.15, 0.2) is 5.70 Å². The van der Waals surface area contributed by atoms with Crippen LogP contribution < -0.4 is 4.90 Å². The molecule has 3 rings (SSSR count). The number of aliphatic imine (C=N–C) groups is 1. The van der Waals surface area contributed by atoms with Crippen molar-refractivity contribution in [2.24, 2.45) is 4.99 Å². The van der Waals surface area contributed by atoms with Crippen molar-refractivity contribution in [2.75, 3.05) is 20.2 Å². The average Bonchev–Trinajstić information content (AvgIpc) is 2.90. The summed E-state index contributed by atoms with van der Waals surface area (Å²) < 4.78 is 0. The molecule has 0 spiro atoms. The third-order valence-corrected chi connectivity index (χ3v) is 4.16. The van der Waals surface area contributed by atoms with E-state index in [1.165, 1.54) is 0 Å². The first-order valence-electron chi connectivity index (χ1n) is 7.43. The van der Waals surface area contributed by atoms with Gasteiger partial charge in [0.1, 0.15) is 12.1 Å². The predicted molar refractivity (Wildman–Crippen MR) is 94.3 cm³/mol. The third-order valence-electron chi connectivity index (χ3n) is 3.84. The fourth-order valence-electron chi connectivity index (χ4n) is 2.60. The molecule has 5 nitrogen and oxygen atoms in total. The SMILES string of the molecule is C/C(C#CC1=C2CN(C)C(=O)c3c(Cl)cccc3[N+]2C=N1)=C\CO. The van der Waals surface area contributed by atoms with E-state index in [1.54, 1.807) is 30.4 Å². The third kappa shape index (κ3) is 2.87. The molecule has 0 atom stereocenters. The lowest BCUT2D eigenvalue weighted by molar-refractivity contribution is 0.0810. The maximum absolute atomic E-state index is 12.6. The second-order valence-corrected chi connectivity index (χ2v) is 5.93. The molecule has 0 unspecified atom stereocenters. The first kappa shape index (κ1) is 16.5. The summed E-state index contributed by atoms with van der Waals surface area (Å²) in [5.41, 5.74) is 3.37. The van der Waals surface area contributed by atoms with E-state index in [1.807, 2.05) is 24.0 Å². The number of nitrogens with zero attached hydrogens (tertiary/aromatic N) is 3. The second-order valence-electron chi connectivity index (χ2n) is 5.52. The van der Waals surface area contributed by atoms with Gasteiger partial charge >= 0.3 is 0 Å². The number of carbonyl (C=O) groups excluding carboxylic acids is 1. The number of allylic oxidation sites excluding steroid dienone is 2. The molecule has 6 heteroatoms. The van der Waals surface area contributed by atoms with Crippen LogP contribution in [0.25, 0.3) is 0 Å². The summed E-state index contributed by atoms with van der Waals surface area (Å²) in [4.78, 5) is 20.5. The van der Waals surface area contributed by atoms with E-state index < -0.39 is 0 Å². The van der Waals surface area contributed by atoms with Gasteiger partial charge in [-0.2, -0.15) is 4.99 Å². The number of halogens is 1. The van der Waals surface area contributed by atoms with Crippen LogP contribution in [0.5, 0.6) is 0 Å². The topological polar surface area (TPSA) is 58.8 Å². The van der Waals surface area contributed by atoms with Crippen LogP contribution in [0.3, 0.4) is 0 Å². The first-order chi connectivity index (χ1) is 11.5. The fraction of sp³-hybridized carbons (Fsp3) is 0.222. The van der Waals surface area contributed by atoms with Crippen molar-refractivity contribution in [3.8, 4) is 11.8 Å². The number of hydrogen-bond acceptors (Lipinski definition) is 4. The maximum Gasteiger partial charge on any atom is 0.261 e. The Morgan fingerprint density at radius 1 is 1.54 bits per heavy atom. The van der Waals surface area contributed by atoms with Crippen molar-refractivity contribution in [2.45, 2.75) is 6.92 Å². The summed E-state index contributed by atoms with van der Waals surface area (Å²) >= 11 is 6.25. The number of benzene rings is 1. The van der Waals surface area contributed by atoms with Crippen molar-refractivity contribution in [1.82, 2.24) is 9.80 Å². The Hall–Kier alpha value is -2.39. The summed E-state index contributed by atoms with van der Waals surface area (Å²) in [6.07, 6.45) is 3.29. The molecule has 0 aromatic heterocycles. The van der Waals surface area contributed by atoms with E-state index >= 15 is 0 Å². The Kier molecular flexibility index (Phi) is 4.54. The van der Waals surface area contributed by atoms with Crippen molar-refractivity contribution < 1.29 is 9.90 Å². The van der Waals surface area contributed by atoms with Crippen LogP contribution in [0.15, 0.2) is 46.2 Å². The summed E-state index contributed by atoms with van der Waals surface area (Å²) in [6.45, 7) is 2.16. The van der Waals surface area contributed by atoms with Crippen LogP contribution >= 0.6 is 11.6 Å².